The molecule has 4 heteroatoms. The Labute approximate surface area is 105 Å². The monoisotopic (exact) mass is 243 g/mol. The van der Waals surface area contributed by atoms with Crippen molar-refractivity contribution in [1.82, 2.24) is 0 Å². The molecule has 0 atom stereocenters. The largest absolute Gasteiger partial charge is 0.508 e. The van der Waals surface area contributed by atoms with Crippen molar-refractivity contribution < 1.29 is 14.3 Å². The van der Waals surface area contributed by atoms with Gasteiger partial charge in [0, 0.05) is 18.0 Å². The lowest BCUT2D eigenvalue weighted by Crippen LogP contribution is -1.95. The molecule has 0 aliphatic carbocycles. The van der Waals surface area contributed by atoms with Gasteiger partial charge in [0.2, 0.25) is 5.78 Å². The number of allylic oxidation sites excluding steroid dienone is 1. The Morgan fingerprint density at radius 1 is 1.39 bits per heavy atom. The minimum Gasteiger partial charge on any atom is -0.508 e. The van der Waals surface area contributed by atoms with Gasteiger partial charge in [-0.2, -0.15) is 0 Å². The van der Waals surface area contributed by atoms with Crippen LogP contribution in [0.1, 0.15) is 16.1 Å². The van der Waals surface area contributed by atoms with Crippen molar-refractivity contribution in [3.05, 3.63) is 60.2 Å². The summed E-state index contributed by atoms with van der Waals surface area (Å²) in [7, 11) is 0. The fourth-order valence-corrected chi connectivity index (χ4v) is 1.52. The molecule has 2 N–H and O–H groups in total. The highest BCUT2D eigenvalue weighted by atomic mass is 16.3. The SMILES string of the molecule is Cc1cc(O)ccc1N/C=C/C(=O)c1ccco1. The zero-order valence-corrected chi connectivity index (χ0v) is 9.88. The van der Waals surface area contributed by atoms with Crippen molar-refractivity contribution in [2.75, 3.05) is 5.32 Å². The molecule has 0 saturated carbocycles. The molecule has 0 fully saturated rings. The van der Waals surface area contributed by atoms with E-state index in [1.807, 2.05) is 6.92 Å². The Morgan fingerprint density at radius 2 is 2.22 bits per heavy atom. The topological polar surface area (TPSA) is 62.5 Å². The zero-order chi connectivity index (χ0) is 13.0. The van der Waals surface area contributed by atoms with Crippen molar-refractivity contribution in [3.8, 4) is 5.75 Å². The average Bonchev–Trinajstić information content (AvgIpc) is 2.85. The number of hydrogen-bond acceptors (Lipinski definition) is 4. The van der Waals surface area contributed by atoms with Crippen LogP contribution in [0.2, 0.25) is 0 Å². The van der Waals surface area contributed by atoms with Crippen LogP contribution in [0, 0.1) is 6.92 Å². The fourth-order valence-electron chi connectivity index (χ4n) is 1.52. The van der Waals surface area contributed by atoms with E-state index in [4.69, 9.17) is 4.42 Å². The summed E-state index contributed by atoms with van der Waals surface area (Å²) in [4.78, 5) is 11.6. The average molecular weight is 243 g/mol. The van der Waals surface area contributed by atoms with E-state index in [2.05, 4.69) is 5.32 Å². The summed E-state index contributed by atoms with van der Waals surface area (Å²) < 4.78 is 4.98. The Bertz CT molecular complexity index is 571. The summed E-state index contributed by atoms with van der Waals surface area (Å²) in [6, 6.07) is 8.24. The third-order valence-corrected chi connectivity index (χ3v) is 2.45. The highest BCUT2D eigenvalue weighted by Gasteiger charge is 2.03. The molecule has 0 aliphatic rings. The highest BCUT2D eigenvalue weighted by molar-refractivity contribution is 6.02. The number of anilines is 1. The molecule has 0 aliphatic heterocycles. The van der Waals surface area contributed by atoms with E-state index in [1.165, 1.54) is 12.3 Å². The van der Waals surface area contributed by atoms with Gasteiger partial charge in [-0.05, 0) is 42.8 Å². The highest BCUT2D eigenvalue weighted by Crippen LogP contribution is 2.19. The van der Waals surface area contributed by atoms with Crippen LogP contribution in [-0.4, -0.2) is 10.9 Å². The van der Waals surface area contributed by atoms with Crippen molar-refractivity contribution in [1.29, 1.82) is 0 Å². The predicted octanol–water partition coefficient (Wildman–Crippen LogP) is 3.10. The lowest BCUT2D eigenvalue weighted by molar-refractivity contribution is 0.102. The van der Waals surface area contributed by atoms with Crippen LogP contribution in [0.4, 0.5) is 5.69 Å². The number of aryl methyl sites for hydroxylation is 1. The van der Waals surface area contributed by atoms with Gasteiger partial charge in [0.25, 0.3) is 0 Å². The third kappa shape index (κ3) is 2.79. The second-order valence-corrected chi connectivity index (χ2v) is 3.82. The van der Waals surface area contributed by atoms with E-state index < -0.39 is 0 Å². The van der Waals surface area contributed by atoms with E-state index in [9.17, 15) is 9.90 Å². The Kier molecular flexibility index (Phi) is 3.48. The minimum absolute atomic E-state index is 0.205. The molecule has 18 heavy (non-hydrogen) atoms. The van der Waals surface area contributed by atoms with Crippen LogP contribution < -0.4 is 5.32 Å². The van der Waals surface area contributed by atoms with Crippen LogP contribution in [0.15, 0.2) is 53.3 Å². The molecule has 0 saturated heterocycles. The summed E-state index contributed by atoms with van der Waals surface area (Å²) in [5.41, 5.74) is 1.72. The number of hydrogen-bond donors (Lipinski definition) is 2. The van der Waals surface area contributed by atoms with Gasteiger partial charge in [-0.3, -0.25) is 4.79 Å². The molecule has 1 aromatic heterocycles. The Morgan fingerprint density at radius 3 is 2.89 bits per heavy atom. The van der Waals surface area contributed by atoms with Gasteiger partial charge in [0.1, 0.15) is 5.75 Å². The number of aromatic hydroxyl groups is 1. The van der Waals surface area contributed by atoms with Crippen molar-refractivity contribution in [2.45, 2.75) is 6.92 Å². The van der Waals surface area contributed by atoms with Gasteiger partial charge in [0.15, 0.2) is 5.76 Å². The summed E-state index contributed by atoms with van der Waals surface area (Å²) in [6.45, 7) is 1.87. The molecule has 2 aromatic rings. The number of nitrogens with one attached hydrogen (secondary N) is 1. The summed E-state index contributed by atoms with van der Waals surface area (Å²) >= 11 is 0. The van der Waals surface area contributed by atoms with E-state index in [0.717, 1.165) is 11.3 Å². The van der Waals surface area contributed by atoms with Crippen LogP contribution in [-0.2, 0) is 0 Å². The number of carbonyl (C=O) groups is 1. The maximum absolute atomic E-state index is 11.6. The van der Waals surface area contributed by atoms with E-state index in [0.29, 0.717) is 5.76 Å². The number of benzene rings is 1. The van der Waals surface area contributed by atoms with Gasteiger partial charge >= 0.3 is 0 Å². The molecule has 0 radical (unpaired) electrons. The summed E-state index contributed by atoms with van der Waals surface area (Å²) in [6.07, 6.45) is 4.40. The Balaban J connectivity index is 2.01. The fraction of sp³-hybridized carbons (Fsp3) is 0.0714. The van der Waals surface area contributed by atoms with Crippen LogP contribution in [0.5, 0.6) is 5.75 Å². The van der Waals surface area contributed by atoms with Crippen LogP contribution in [0.25, 0.3) is 0 Å². The second-order valence-electron chi connectivity index (χ2n) is 3.82. The normalized spacial score (nSPS) is 10.7. The number of phenolic OH excluding ortho intramolecular Hbond substituents is 1. The molecule has 0 spiro atoms. The molecule has 0 bridgehead atoms. The van der Waals surface area contributed by atoms with Gasteiger partial charge in [-0.1, -0.05) is 0 Å². The van der Waals surface area contributed by atoms with Gasteiger partial charge in [-0.25, -0.2) is 0 Å². The van der Waals surface area contributed by atoms with Gasteiger partial charge in [0.05, 0.1) is 6.26 Å². The van der Waals surface area contributed by atoms with Gasteiger partial charge < -0.3 is 14.8 Å². The van der Waals surface area contributed by atoms with Crippen molar-refractivity contribution in [3.63, 3.8) is 0 Å². The molecule has 4 nitrogen and oxygen atoms in total. The molecule has 0 amide bonds. The number of rotatable bonds is 4. The van der Waals surface area contributed by atoms with E-state index in [1.54, 1.807) is 36.5 Å². The zero-order valence-electron chi connectivity index (χ0n) is 9.88. The first-order chi connectivity index (χ1) is 8.66. The smallest absolute Gasteiger partial charge is 0.222 e. The molecule has 92 valence electrons. The molecular formula is C14H13NO3. The van der Waals surface area contributed by atoms with Gasteiger partial charge in [-0.15, -0.1) is 0 Å². The van der Waals surface area contributed by atoms with Crippen molar-refractivity contribution >= 4 is 11.5 Å². The van der Waals surface area contributed by atoms with Crippen LogP contribution in [0.3, 0.4) is 0 Å². The molecular weight excluding hydrogens is 230 g/mol. The van der Waals surface area contributed by atoms with E-state index >= 15 is 0 Å². The maximum atomic E-state index is 11.6. The minimum atomic E-state index is -0.205. The summed E-state index contributed by atoms with van der Waals surface area (Å²) in [5.74, 6) is 0.313. The number of phenols is 1. The molecule has 2 rings (SSSR count). The van der Waals surface area contributed by atoms with Crippen LogP contribution >= 0.6 is 0 Å². The maximum Gasteiger partial charge on any atom is 0.222 e. The molecule has 1 heterocycles. The quantitative estimate of drug-likeness (QED) is 0.492. The number of ketones is 1. The first-order valence-electron chi connectivity index (χ1n) is 5.47. The van der Waals surface area contributed by atoms with E-state index in [-0.39, 0.29) is 11.5 Å². The molecule has 0 unspecified atom stereocenters. The standard InChI is InChI=1S/C14H13NO3/c1-10-9-11(16)4-5-12(10)15-7-6-13(17)14-3-2-8-18-14/h2-9,15-16H,1H3/b7-6+. The van der Waals surface area contributed by atoms with Crippen molar-refractivity contribution in [2.24, 2.45) is 0 Å². The number of furan rings is 1. The first-order valence-corrected chi connectivity index (χ1v) is 5.47. The second kappa shape index (κ2) is 5.23. The summed E-state index contributed by atoms with van der Waals surface area (Å²) in [5, 5.41) is 12.2. The Hall–Kier alpha value is -2.49. The lowest BCUT2D eigenvalue weighted by Gasteiger charge is -2.05. The lowest BCUT2D eigenvalue weighted by atomic mass is 10.2. The third-order valence-electron chi connectivity index (χ3n) is 2.45. The number of carbonyl (C=O) groups excluding carboxylic acids is 1. The first kappa shape index (κ1) is 12.0. The predicted molar refractivity (Wildman–Crippen MR) is 68.6 cm³/mol. The molecule has 1 aromatic carbocycles.